The molecular formula is C33H36FN3O7. The van der Waals surface area contributed by atoms with Crippen molar-refractivity contribution in [3.63, 3.8) is 0 Å². The van der Waals surface area contributed by atoms with Gasteiger partial charge >= 0.3 is 0 Å². The Labute approximate surface area is 253 Å². The Bertz CT molecular complexity index is 1640. The Morgan fingerprint density at radius 2 is 1.82 bits per heavy atom. The van der Waals surface area contributed by atoms with Crippen LogP contribution in [0.5, 0.6) is 5.75 Å². The van der Waals surface area contributed by atoms with Crippen LogP contribution in [0.4, 0.5) is 4.39 Å². The summed E-state index contributed by atoms with van der Waals surface area (Å²) in [5, 5.41) is 45.2. The number of aliphatic hydroxyl groups is 3. The fourth-order valence-electron chi connectivity index (χ4n) is 7.67. The second-order valence-electron chi connectivity index (χ2n) is 12.6. The van der Waals surface area contributed by atoms with Gasteiger partial charge in [-0.05, 0) is 80.1 Å². The van der Waals surface area contributed by atoms with Gasteiger partial charge in [0.1, 0.15) is 29.0 Å². The highest BCUT2D eigenvalue weighted by atomic mass is 19.1. The van der Waals surface area contributed by atoms with Crippen LogP contribution in [0.3, 0.4) is 0 Å². The minimum Gasteiger partial charge on any atom is -0.508 e. The van der Waals surface area contributed by atoms with E-state index in [0.29, 0.717) is 38.0 Å². The van der Waals surface area contributed by atoms with Crippen LogP contribution in [0, 0.1) is 11.8 Å². The van der Waals surface area contributed by atoms with Crippen LogP contribution in [0.1, 0.15) is 36.0 Å². The first kappa shape index (κ1) is 30.0. The average molecular weight is 606 g/mol. The van der Waals surface area contributed by atoms with Crippen molar-refractivity contribution in [2.75, 3.05) is 27.2 Å². The molecule has 1 saturated heterocycles. The van der Waals surface area contributed by atoms with E-state index in [1.807, 2.05) is 24.3 Å². The molecule has 1 heterocycles. The highest BCUT2D eigenvalue weighted by Crippen LogP contribution is 2.53. The van der Waals surface area contributed by atoms with Crippen LogP contribution in [-0.4, -0.2) is 92.7 Å². The van der Waals surface area contributed by atoms with E-state index in [1.165, 1.54) is 11.0 Å². The summed E-state index contributed by atoms with van der Waals surface area (Å²) in [5.74, 6) is -6.80. The largest absolute Gasteiger partial charge is 0.508 e. The average Bonchev–Trinajstić information content (AvgIpc) is 2.96. The van der Waals surface area contributed by atoms with Crippen molar-refractivity contribution in [2.24, 2.45) is 17.6 Å². The molecule has 3 aliphatic carbocycles. The third-order valence-electron chi connectivity index (χ3n) is 9.77. The number of hydrogen-bond donors (Lipinski definition) is 5. The fourth-order valence-corrected chi connectivity index (χ4v) is 7.67. The molecule has 4 atom stereocenters. The first-order chi connectivity index (χ1) is 20.8. The molecule has 0 bridgehead atoms. The van der Waals surface area contributed by atoms with Crippen molar-refractivity contribution in [2.45, 2.75) is 50.0 Å². The number of phenols is 1. The second-order valence-corrected chi connectivity index (χ2v) is 12.6. The van der Waals surface area contributed by atoms with Crippen LogP contribution in [-0.2, 0) is 27.3 Å². The van der Waals surface area contributed by atoms with Gasteiger partial charge in [-0.15, -0.1) is 0 Å². The van der Waals surface area contributed by atoms with E-state index in [4.69, 9.17) is 5.73 Å². The number of benzene rings is 2. The zero-order chi connectivity index (χ0) is 31.7. The number of primary amides is 1. The van der Waals surface area contributed by atoms with Crippen molar-refractivity contribution in [1.82, 2.24) is 9.80 Å². The molecule has 0 unspecified atom stereocenters. The molecule has 1 aliphatic heterocycles. The number of nitrogens with two attached hydrogens (primary N) is 1. The third kappa shape index (κ3) is 4.53. The lowest BCUT2D eigenvalue weighted by molar-refractivity contribution is -0.153. The van der Waals surface area contributed by atoms with Crippen LogP contribution >= 0.6 is 0 Å². The maximum atomic E-state index is 14.1. The molecule has 10 nitrogen and oxygen atoms in total. The predicted molar refractivity (Wildman–Crippen MR) is 159 cm³/mol. The first-order valence-corrected chi connectivity index (χ1v) is 14.8. The van der Waals surface area contributed by atoms with Crippen LogP contribution < -0.4 is 5.73 Å². The Morgan fingerprint density at radius 1 is 1.11 bits per heavy atom. The molecule has 232 valence electrons. The summed E-state index contributed by atoms with van der Waals surface area (Å²) < 4.78 is 13.7. The van der Waals surface area contributed by atoms with Gasteiger partial charge in [0.15, 0.2) is 11.4 Å². The maximum Gasteiger partial charge on any atom is 0.255 e. The molecule has 6 N–H and O–H groups in total. The maximum absolute atomic E-state index is 14.1. The van der Waals surface area contributed by atoms with Crippen molar-refractivity contribution in [1.29, 1.82) is 0 Å². The number of phenolic OH excluding ortho intramolecular Hbond substituents is 1. The number of piperidine rings is 1. The lowest BCUT2D eigenvalue weighted by Gasteiger charge is -2.50. The lowest BCUT2D eigenvalue weighted by Crippen LogP contribution is -2.65. The van der Waals surface area contributed by atoms with E-state index in [-0.39, 0.29) is 29.7 Å². The van der Waals surface area contributed by atoms with Gasteiger partial charge < -0.3 is 26.2 Å². The fraction of sp³-hybridized carbons (Fsp3) is 0.424. The minimum absolute atomic E-state index is 0.0193. The smallest absolute Gasteiger partial charge is 0.255 e. The number of nitrogens with zero attached hydrogens (tertiary/aromatic N) is 2. The molecule has 0 radical (unpaired) electrons. The molecule has 4 aliphatic rings. The number of likely N-dealkylation sites (tertiary alicyclic amines) is 1. The van der Waals surface area contributed by atoms with Crippen molar-refractivity contribution in [3.8, 4) is 16.9 Å². The third-order valence-corrected chi connectivity index (χ3v) is 9.77. The summed E-state index contributed by atoms with van der Waals surface area (Å²) in [6.07, 6.45) is 0.470. The molecule has 2 fully saturated rings. The number of Topliss-reactive ketones (excluding diaryl/α,β-unsaturated/α-hetero) is 2. The molecule has 6 rings (SSSR count). The van der Waals surface area contributed by atoms with Gasteiger partial charge in [0.05, 0.1) is 11.6 Å². The van der Waals surface area contributed by atoms with E-state index in [0.717, 1.165) is 16.7 Å². The highest BCUT2D eigenvalue weighted by Gasteiger charge is 2.64. The van der Waals surface area contributed by atoms with E-state index < -0.39 is 64.2 Å². The Kier molecular flexibility index (Phi) is 7.38. The summed E-state index contributed by atoms with van der Waals surface area (Å²) in [7, 11) is 3.13. The number of halogens is 1. The van der Waals surface area contributed by atoms with Gasteiger partial charge in [0.2, 0.25) is 5.78 Å². The SMILES string of the molecule is CN(C)[C@@H]1C(=O)C(C(N)=O)=C(O)[C@@]2(O)C(=O)C3=C(O)c4c(O)ccc(-c5cccc(CN6CCC(F)CC6)c5)c4C[C@H]3C[C@@H]12. The summed E-state index contributed by atoms with van der Waals surface area (Å²) >= 11 is 0. The Balaban J connectivity index is 1.44. The van der Waals surface area contributed by atoms with E-state index in [2.05, 4.69) is 4.90 Å². The molecule has 1 amide bonds. The predicted octanol–water partition coefficient (Wildman–Crippen LogP) is 2.56. The van der Waals surface area contributed by atoms with Crippen LogP contribution in [0.25, 0.3) is 16.9 Å². The van der Waals surface area contributed by atoms with E-state index in [1.54, 1.807) is 20.2 Å². The zero-order valence-electron chi connectivity index (χ0n) is 24.6. The summed E-state index contributed by atoms with van der Waals surface area (Å²) in [5.41, 5.74) is 4.93. The normalized spacial score (nSPS) is 27.8. The van der Waals surface area contributed by atoms with E-state index >= 15 is 0 Å². The van der Waals surface area contributed by atoms with E-state index in [9.17, 15) is 39.2 Å². The second kappa shape index (κ2) is 10.8. The van der Waals surface area contributed by atoms with Gasteiger partial charge in [-0.1, -0.05) is 24.3 Å². The number of carbonyl (C=O) groups excluding carboxylic acids is 3. The molecule has 2 aromatic carbocycles. The minimum atomic E-state index is -2.68. The number of amides is 1. The number of carbonyl (C=O) groups is 3. The number of ketones is 2. The molecule has 2 aromatic rings. The molecule has 1 saturated carbocycles. The molecule has 0 spiro atoms. The van der Waals surface area contributed by atoms with Gasteiger partial charge in [0, 0.05) is 31.1 Å². The standard InChI is InChI=1S/C33H36FN3O7/c1-36(2)27-22-14-18-13-21-20(17-5-3-4-16(12-17)15-37-10-8-19(34)9-11-37)6-7-23(38)25(21)28(39)24(18)30(41)33(22,44)31(42)26(29(27)40)32(35)43/h3-7,12,18-19,22,27,38-39,42,44H,8-11,13-15H2,1-2H3,(H2,35,43)/t18-,22-,27-,33-/m0/s1. The number of rotatable bonds is 5. The number of alkyl halides is 1. The first-order valence-electron chi connectivity index (χ1n) is 14.8. The van der Waals surface area contributed by atoms with Gasteiger partial charge in [-0.25, -0.2) is 4.39 Å². The highest BCUT2D eigenvalue weighted by molar-refractivity contribution is 6.24. The summed E-state index contributed by atoms with van der Waals surface area (Å²) in [4.78, 5) is 43.2. The van der Waals surface area contributed by atoms with Gasteiger partial charge in [-0.2, -0.15) is 0 Å². The molecule has 0 aromatic heterocycles. The number of fused-ring (bicyclic) bond motifs is 3. The summed E-state index contributed by atoms with van der Waals surface area (Å²) in [6, 6.07) is 9.89. The number of hydrogen-bond acceptors (Lipinski definition) is 9. The van der Waals surface area contributed by atoms with Crippen molar-refractivity contribution < 1.29 is 39.2 Å². The topological polar surface area (TPSA) is 165 Å². The molecular weight excluding hydrogens is 569 g/mol. The number of likely N-dealkylation sites (N-methyl/N-ethyl adjacent to an activating group) is 1. The van der Waals surface area contributed by atoms with Crippen molar-refractivity contribution in [3.05, 3.63) is 70.0 Å². The Morgan fingerprint density at radius 3 is 2.48 bits per heavy atom. The Hall–Kier alpha value is -4.06. The van der Waals surface area contributed by atoms with Gasteiger partial charge in [0.25, 0.3) is 5.91 Å². The van der Waals surface area contributed by atoms with Crippen molar-refractivity contribution >= 4 is 23.2 Å². The number of aromatic hydroxyl groups is 1. The monoisotopic (exact) mass is 605 g/mol. The number of aliphatic hydroxyl groups excluding tert-OH is 2. The van der Waals surface area contributed by atoms with Gasteiger partial charge in [-0.3, -0.25) is 24.2 Å². The van der Waals surface area contributed by atoms with Crippen LogP contribution in [0.2, 0.25) is 0 Å². The lowest BCUT2D eigenvalue weighted by atomic mass is 9.57. The zero-order valence-corrected chi connectivity index (χ0v) is 24.6. The van der Waals surface area contributed by atoms with Crippen LogP contribution in [0.15, 0.2) is 53.3 Å². The summed E-state index contributed by atoms with van der Waals surface area (Å²) in [6.45, 7) is 2.00. The molecule has 11 heteroatoms. The molecule has 44 heavy (non-hydrogen) atoms. The quantitative estimate of drug-likeness (QED) is 0.322.